The number of hydrogen-bond donors (Lipinski definition) is 17. The van der Waals surface area contributed by atoms with Crippen LogP contribution in [-0.4, -0.2) is 191 Å². The van der Waals surface area contributed by atoms with E-state index in [2.05, 4.69) is 57.8 Å². The maximum absolute atomic E-state index is 14.4. The number of rotatable bonds is 34. The summed E-state index contributed by atoms with van der Waals surface area (Å²) < 4.78 is 0. The summed E-state index contributed by atoms with van der Waals surface area (Å²) in [6, 6.07) is 5.21. The van der Waals surface area contributed by atoms with Crippen molar-refractivity contribution >= 4 is 70.9 Å². The minimum atomic E-state index is -1.92. The van der Waals surface area contributed by atoms with Crippen LogP contribution in [0.3, 0.4) is 0 Å². The van der Waals surface area contributed by atoms with E-state index in [1.807, 2.05) is 0 Å². The van der Waals surface area contributed by atoms with E-state index in [9.17, 15) is 78.6 Å². The maximum atomic E-state index is 14.4. The molecule has 0 spiro atoms. The van der Waals surface area contributed by atoms with E-state index < -0.39 is 144 Å². The monoisotopic (exact) mass is 1220 g/mol. The van der Waals surface area contributed by atoms with E-state index >= 15 is 0 Å². The molecule has 0 aliphatic rings. The van der Waals surface area contributed by atoms with Crippen LogP contribution in [0.2, 0.25) is 0 Å². The molecule has 29 heteroatoms. The van der Waals surface area contributed by atoms with Crippen molar-refractivity contribution in [2.45, 2.75) is 139 Å². The minimum Gasteiger partial charge on any atom is -0.508 e. The van der Waals surface area contributed by atoms with Crippen molar-refractivity contribution < 1.29 is 78.6 Å². The van der Waals surface area contributed by atoms with Crippen LogP contribution in [0.1, 0.15) is 63.4 Å². The SMILES string of the molecule is CSCC[C@H](NC(=O)[C@@H](NC(=O)[C@H](Cc1ccc(O)cc1)NC(=O)[C@@H](NC(=O)[C@@H](NC(=O)[C@H](Cc1ccccc1)NC(=O)[C@@H](NC(=O)[C@H](Cc1ccc(O)cc1)NC(=O)CN)[C@@H](C)O)[C@@H](C)O)[C@@H](C)O)C(C)C)C(=O)N[C@@H](Cc1cnc[nH]1)C(=O)O. The Morgan fingerprint density at radius 2 is 0.860 bits per heavy atom. The molecule has 28 nitrogen and oxygen atoms in total. The second kappa shape index (κ2) is 34.3. The zero-order valence-corrected chi connectivity index (χ0v) is 49.1. The van der Waals surface area contributed by atoms with E-state index in [4.69, 9.17) is 5.73 Å². The highest BCUT2D eigenvalue weighted by Crippen LogP contribution is 2.16. The highest BCUT2D eigenvalue weighted by atomic mass is 32.2. The average molecular weight is 1220 g/mol. The van der Waals surface area contributed by atoms with E-state index in [-0.39, 0.29) is 43.6 Å². The van der Waals surface area contributed by atoms with Crippen LogP contribution in [0, 0.1) is 5.92 Å². The fourth-order valence-electron chi connectivity index (χ4n) is 8.60. The van der Waals surface area contributed by atoms with E-state index in [1.54, 1.807) is 50.4 Å². The standard InChI is InChI=1S/C57H78N12O16S/c1-29(2)45(53(80)62-39(20-21-86-6)49(76)65-43(57(84)85)25-36-27-59-28-60-36)66-51(78)42(24-35-14-18-38(74)19-15-35)64-55(82)47(31(4)71)69-56(83)48(32(5)72)68-52(79)41(22-33-10-8-7-9-11-33)63-54(81)46(30(3)70)67-50(77)40(61-44(75)26-58)23-34-12-16-37(73)17-13-34/h7-19,27-32,39-43,45-48,70-74H,20-26,58H2,1-6H3,(H,59,60)(H,61,75)(H,62,80)(H,63,81)(H,64,82)(H,65,76)(H,66,78)(H,67,77)(H,68,79)(H,69,83)(H,84,85)/t30-,31-,32-,39+,40+,41+,42+,43+,45+,46+,47+,48+/m1/s1. The first-order valence-electron chi connectivity index (χ1n) is 27.5. The zero-order valence-electron chi connectivity index (χ0n) is 48.3. The molecule has 1 heterocycles. The lowest BCUT2D eigenvalue weighted by atomic mass is 9.99. The molecule has 12 atom stereocenters. The molecule has 86 heavy (non-hydrogen) atoms. The molecule has 9 amide bonds. The van der Waals surface area contributed by atoms with Gasteiger partial charge < -0.3 is 89.2 Å². The van der Waals surface area contributed by atoms with Gasteiger partial charge in [-0.1, -0.05) is 68.4 Å². The molecule has 1 aromatic heterocycles. The molecule has 468 valence electrons. The first-order chi connectivity index (χ1) is 40.7. The van der Waals surface area contributed by atoms with Gasteiger partial charge in [-0.2, -0.15) is 11.8 Å². The van der Waals surface area contributed by atoms with Gasteiger partial charge in [0.2, 0.25) is 53.2 Å². The highest BCUT2D eigenvalue weighted by molar-refractivity contribution is 7.98. The lowest BCUT2D eigenvalue weighted by Crippen LogP contribution is -2.64. The number of thioether (sulfide) groups is 1. The van der Waals surface area contributed by atoms with Gasteiger partial charge in [0, 0.05) is 37.6 Å². The number of H-pyrrole nitrogens is 1. The molecule has 0 aliphatic carbocycles. The molecular formula is C57H78N12O16S. The van der Waals surface area contributed by atoms with Crippen molar-refractivity contribution in [3.05, 3.63) is 114 Å². The predicted molar refractivity (Wildman–Crippen MR) is 313 cm³/mol. The van der Waals surface area contributed by atoms with Crippen LogP contribution in [-0.2, 0) is 73.6 Å². The fourth-order valence-corrected chi connectivity index (χ4v) is 9.07. The first kappa shape index (κ1) is 69.9. The number of aliphatic hydroxyl groups is 3. The lowest BCUT2D eigenvalue weighted by molar-refractivity contribution is -0.142. The van der Waals surface area contributed by atoms with E-state index in [0.29, 0.717) is 28.1 Å². The molecule has 4 rings (SSSR count). The molecule has 3 aromatic carbocycles. The normalized spacial score (nSPS) is 15.4. The number of nitrogens with zero attached hydrogens (tertiary/aromatic N) is 1. The van der Waals surface area contributed by atoms with Crippen molar-refractivity contribution in [2.75, 3.05) is 18.6 Å². The van der Waals surface area contributed by atoms with Crippen molar-refractivity contribution in [3.8, 4) is 11.5 Å². The zero-order chi connectivity index (χ0) is 63.8. The van der Waals surface area contributed by atoms with Gasteiger partial charge in [-0.25, -0.2) is 9.78 Å². The number of carbonyl (C=O) groups is 10. The summed E-state index contributed by atoms with van der Waals surface area (Å²) in [5.41, 5.74) is 7.26. The van der Waals surface area contributed by atoms with Crippen LogP contribution in [0.25, 0.3) is 0 Å². The number of nitrogens with one attached hydrogen (secondary N) is 10. The Balaban J connectivity index is 1.57. The van der Waals surface area contributed by atoms with Gasteiger partial charge in [0.05, 0.1) is 31.2 Å². The second-order valence-corrected chi connectivity index (χ2v) is 21.8. The summed E-state index contributed by atoms with van der Waals surface area (Å²) in [4.78, 5) is 144. The molecule has 18 N–H and O–H groups in total. The number of aromatic amines is 1. The van der Waals surface area contributed by atoms with Crippen molar-refractivity contribution in [1.29, 1.82) is 0 Å². The van der Waals surface area contributed by atoms with E-state index in [1.165, 1.54) is 79.7 Å². The smallest absolute Gasteiger partial charge is 0.326 e. The van der Waals surface area contributed by atoms with Crippen LogP contribution in [0.5, 0.6) is 11.5 Å². The Kier molecular flexibility index (Phi) is 27.9. The Hall–Kier alpha value is -8.64. The number of amides is 9. The van der Waals surface area contributed by atoms with Crippen LogP contribution < -0.4 is 53.6 Å². The Morgan fingerprint density at radius 1 is 0.488 bits per heavy atom. The topological polar surface area (TPSA) is 455 Å². The van der Waals surface area contributed by atoms with Crippen LogP contribution >= 0.6 is 11.8 Å². The summed E-state index contributed by atoms with van der Waals surface area (Å²) in [6.45, 7) is 6.10. The number of carbonyl (C=O) groups excluding carboxylic acids is 9. The summed E-state index contributed by atoms with van der Waals surface area (Å²) in [5, 5.41) is 84.7. The minimum absolute atomic E-state index is 0.0570. The van der Waals surface area contributed by atoms with Gasteiger partial charge in [0.25, 0.3) is 0 Å². The largest absolute Gasteiger partial charge is 0.508 e. The number of aromatic hydroxyl groups is 2. The molecule has 0 radical (unpaired) electrons. The highest BCUT2D eigenvalue weighted by Gasteiger charge is 2.39. The molecule has 0 saturated carbocycles. The summed E-state index contributed by atoms with van der Waals surface area (Å²) >= 11 is 1.35. The van der Waals surface area contributed by atoms with Gasteiger partial charge in [-0.05, 0) is 86.1 Å². The number of carboxylic acids is 1. The van der Waals surface area contributed by atoms with Gasteiger partial charge in [-0.15, -0.1) is 0 Å². The third kappa shape index (κ3) is 22.4. The quantitative estimate of drug-likeness (QED) is 0.0222. The Bertz CT molecular complexity index is 2900. The number of benzene rings is 3. The third-order valence-corrected chi connectivity index (χ3v) is 14.1. The van der Waals surface area contributed by atoms with Crippen molar-refractivity contribution in [2.24, 2.45) is 11.7 Å². The van der Waals surface area contributed by atoms with Gasteiger partial charge in [-0.3, -0.25) is 43.2 Å². The maximum Gasteiger partial charge on any atom is 0.326 e. The van der Waals surface area contributed by atoms with Gasteiger partial charge >= 0.3 is 5.97 Å². The number of nitrogens with two attached hydrogens (primary N) is 1. The molecule has 0 fully saturated rings. The summed E-state index contributed by atoms with van der Waals surface area (Å²) in [7, 11) is 0. The van der Waals surface area contributed by atoms with E-state index in [0.717, 1.165) is 13.8 Å². The number of aliphatic hydroxyl groups excluding tert-OH is 3. The number of aromatic nitrogens is 2. The molecule has 0 aliphatic heterocycles. The van der Waals surface area contributed by atoms with Crippen LogP contribution in [0.15, 0.2) is 91.4 Å². The first-order valence-corrected chi connectivity index (χ1v) is 28.9. The fraction of sp³-hybridized carbons (Fsp3) is 0.456. The number of hydrogen-bond acceptors (Lipinski definition) is 18. The Morgan fingerprint density at radius 3 is 1.26 bits per heavy atom. The van der Waals surface area contributed by atoms with Gasteiger partial charge in [0.15, 0.2) is 0 Å². The number of carboxylic acid groups (broad SMARTS) is 1. The van der Waals surface area contributed by atoms with Gasteiger partial charge in [0.1, 0.15) is 65.9 Å². The number of aliphatic carboxylic acids is 1. The number of imidazole rings is 1. The average Bonchev–Trinajstić information content (AvgIpc) is 4.02. The molecular weight excluding hydrogens is 1140 g/mol. The predicted octanol–water partition coefficient (Wildman–Crippen LogP) is -2.95. The van der Waals surface area contributed by atoms with Crippen LogP contribution in [0.4, 0.5) is 0 Å². The summed E-state index contributed by atoms with van der Waals surface area (Å²) in [6.07, 6.45) is -1.38. The molecule has 0 bridgehead atoms. The number of phenols is 2. The summed E-state index contributed by atoms with van der Waals surface area (Å²) in [5.74, 6) is -10.7. The number of phenolic OH excluding ortho intramolecular Hbond substituents is 2. The molecule has 0 saturated heterocycles. The molecule has 0 unspecified atom stereocenters. The second-order valence-electron chi connectivity index (χ2n) is 20.8. The third-order valence-electron chi connectivity index (χ3n) is 13.4. The van der Waals surface area contributed by atoms with Crippen molar-refractivity contribution in [1.82, 2.24) is 57.8 Å². The Labute approximate surface area is 500 Å². The molecule has 4 aromatic rings. The van der Waals surface area contributed by atoms with Crippen molar-refractivity contribution in [3.63, 3.8) is 0 Å². The lowest BCUT2D eigenvalue weighted by Gasteiger charge is -2.30.